The van der Waals surface area contributed by atoms with Crippen LogP contribution < -0.4 is 15.2 Å². The van der Waals surface area contributed by atoms with E-state index in [0.29, 0.717) is 12.2 Å². The number of aliphatic hydroxyl groups is 1. The third-order valence-corrected chi connectivity index (χ3v) is 4.81. The lowest BCUT2D eigenvalue weighted by Gasteiger charge is -2.31. The Balaban J connectivity index is 3.10. The average molecular weight is 316 g/mol. The van der Waals surface area contributed by atoms with Gasteiger partial charge in [0, 0.05) is 18.7 Å². The number of nitrogens with one attached hydrogen (secondary N) is 1. The standard InChI is InChI=1S/C14H24N2O4S/c1-14(2,3)13(7-8-17)16-21(18,19)12-6-5-10(20-4)9-11(12)15/h5-6,9,13,16-17H,7-8,15H2,1-4H3. The Morgan fingerprint density at radius 2 is 2.00 bits per heavy atom. The first kappa shape index (κ1) is 17.7. The molecule has 7 heteroatoms. The summed E-state index contributed by atoms with van der Waals surface area (Å²) in [5.74, 6) is 0.495. The molecule has 0 saturated carbocycles. The number of rotatable bonds is 6. The van der Waals surface area contributed by atoms with Gasteiger partial charge in [0.1, 0.15) is 10.6 Å². The molecule has 0 fully saturated rings. The summed E-state index contributed by atoms with van der Waals surface area (Å²) in [7, 11) is -2.28. The Bertz CT molecular complexity index is 579. The van der Waals surface area contributed by atoms with Gasteiger partial charge in [-0.15, -0.1) is 0 Å². The quantitative estimate of drug-likeness (QED) is 0.688. The van der Waals surface area contributed by atoms with E-state index in [4.69, 9.17) is 15.6 Å². The molecular formula is C14H24N2O4S. The Labute approximate surface area is 126 Å². The molecule has 0 radical (unpaired) electrons. The van der Waals surface area contributed by atoms with Gasteiger partial charge in [0.15, 0.2) is 0 Å². The first-order valence-electron chi connectivity index (χ1n) is 6.68. The van der Waals surface area contributed by atoms with E-state index in [1.807, 2.05) is 20.8 Å². The van der Waals surface area contributed by atoms with Gasteiger partial charge < -0.3 is 15.6 Å². The molecule has 0 saturated heterocycles. The van der Waals surface area contributed by atoms with E-state index >= 15 is 0 Å². The predicted molar refractivity (Wildman–Crippen MR) is 82.7 cm³/mol. The molecule has 0 spiro atoms. The zero-order chi connectivity index (χ0) is 16.3. The summed E-state index contributed by atoms with van der Waals surface area (Å²) >= 11 is 0. The van der Waals surface area contributed by atoms with Gasteiger partial charge in [-0.25, -0.2) is 13.1 Å². The van der Waals surface area contributed by atoms with Gasteiger partial charge in [-0.3, -0.25) is 0 Å². The topological polar surface area (TPSA) is 102 Å². The lowest BCUT2D eigenvalue weighted by molar-refractivity contribution is 0.214. The highest BCUT2D eigenvalue weighted by Crippen LogP contribution is 2.27. The van der Waals surface area contributed by atoms with Crippen molar-refractivity contribution in [1.82, 2.24) is 4.72 Å². The fourth-order valence-electron chi connectivity index (χ4n) is 1.95. The van der Waals surface area contributed by atoms with Gasteiger partial charge >= 0.3 is 0 Å². The molecule has 0 amide bonds. The summed E-state index contributed by atoms with van der Waals surface area (Å²) in [5.41, 5.74) is 5.59. The molecule has 1 atom stereocenters. The van der Waals surface area contributed by atoms with Gasteiger partial charge in [-0.1, -0.05) is 20.8 Å². The molecule has 6 nitrogen and oxygen atoms in total. The SMILES string of the molecule is COc1ccc(S(=O)(=O)NC(CCO)C(C)(C)C)c(N)c1. The van der Waals surface area contributed by atoms with Crippen LogP contribution in [-0.2, 0) is 10.0 Å². The Morgan fingerprint density at radius 1 is 1.38 bits per heavy atom. The minimum atomic E-state index is -3.76. The van der Waals surface area contributed by atoms with Crippen molar-refractivity contribution in [2.75, 3.05) is 19.5 Å². The van der Waals surface area contributed by atoms with E-state index in [1.54, 1.807) is 6.07 Å². The lowest BCUT2D eigenvalue weighted by Crippen LogP contribution is -2.44. The third-order valence-electron chi connectivity index (χ3n) is 3.27. The van der Waals surface area contributed by atoms with Crippen molar-refractivity contribution >= 4 is 15.7 Å². The van der Waals surface area contributed by atoms with Crippen LogP contribution in [0.3, 0.4) is 0 Å². The van der Waals surface area contributed by atoms with Crippen molar-refractivity contribution in [1.29, 1.82) is 0 Å². The summed E-state index contributed by atoms with van der Waals surface area (Å²) in [4.78, 5) is 0.00971. The molecule has 1 aromatic carbocycles. The van der Waals surface area contributed by atoms with Crippen molar-refractivity contribution in [3.05, 3.63) is 18.2 Å². The van der Waals surface area contributed by atoms with Crippen LogP contribution in [0.15, 0.2) is 23.1 Å². The van der Waals surface area contributed by atoms with E-state index in [1.165, 1.54) is 19.2 Å². The van der Waals surface area contributed by atoms with Gasteiger partial charge in [0.05, 0.1) is 12.8 Å². The fraction of sp³-hybridized carbons (Fsp3) is 0.571. The molecule has 0 heterocycles. The van der Waals surface area contributed by atoms with Crippen LogP contribution >= 0.6 is 0 Å². The maximum absolute atomic E-state index is 12.5. The maximum atomic E-state index is 12.5. The molecule has 1 rings (SSSR count). The zero-order valence-corrected chi connectivity index (χ0v) is 13.7. The molecule has 21 heavy (non-hydrogen) atoms. The van der Waals surface area contributed by atoms with E-state index < -0.39 is 16.1 Å². The Kier molecular flexibility index (Phi) is 5.61. The molecule has 0 aliphatic rings. The lowest BCUT2D eigenvalue weighted by atomic mass is 9.86. The smallest absolute Gasteiger partial charge is 0.242 e. The summed E-state index contributed by atoms with van der Waals surface area (Å²) in [6.45, 7) is 5.64. The molecule has 1 unspecified atom stereocenters. The molecule has 120 valence electrons. The Hall–Kier alpha value is -1.31. The number of hydrogen-bond donors (Lipinski definition) is 3. The van der Waals surface area contributed by atoms with Crippen molar-refractivity contribution in [3.8, 4) is 5.75 Å². The molecular weight excluding hydrogens is 292 g/mol. The molecule has 4 N–H and O–H groups in total. The highest BCUT2D eigenvalue weighted by atomic mass is 32.2. The third kappa shape index (κ3) is 4.59. The number of benzene rings is 1. The van der Waals surface area contributed by atoms with Gasteiger partial charge in [0.25, 0.3) is 0 Å². The van der Waals surface area contributed by atoms with E-state index in [-0.39, 0.29) is 22.6 Å². The normalized spacial score (nSPS) is 14.0. The number of nitrogens with two attached hydrogens (primary N) is 1. The minimum Gasteiger partial charge on any atom is -0.497 e. The second-order valence-corrected chi connectivity index (χ2v) is 7.64. The molecule has 0 aliphatic carbocycles. The predicted octanol–water partition coefficient (Wildman–Crippen LogP) is 1.35. The second kappa shape index (κ2) is 6.64. The first-order chi connectivity index (χ1) is 9.61. The average Bonchev–Trinajstić information content (AvgIpc) is 2.36. The second-order valence-electron chi connectivity index (χ2n) is 5.96. The molecule has 0 aromatic heterocycles. The highest BCUT2D eigenvalue weighted by molar-refractivity contribution is 7.89. The highest BCUT2D eigenvalue weighted by Gasteiger charge is 2.30. The summed E-state index contributed by atoms with van der Waals surface area (Å²) in [6.07, 6.45) is 0.332. The van der Waals surface area contributed by atoms with Crippen molar-refractivity contribution in [3.63, 3.8) is 0 Å². The van der Waals surface area contributed by atoms with Crippen LogP contribution in [-0.4, -0.2) is 33.3 Å². The van der Waals surface area contributed by atoms with Gasteiger partial charge in [0.2, 0.25) is 10.0 Å². The van der Waals surface area contributed by atoms with Gasteiger partial charge in [-0.2, -0.15) is 0 Å². The van der Waals surface area contributed by atoms with E-state index in [2.05, 4.69) is 4.72 Å². The number of methoxy groups -OCH3 is 1. The number of ether oxygens (including phenoxy) is 1. The van der Waals surface area contributed by atoms with Crippen molar-refractivity contribution < 1.29 is 18.3 Å². The number of hydrogen-bond acceptors (Lipinski definition) is 5. The van der Waals surface area contributed by atoms with Crippen LogP contribution in [0.25, 0.3) is 0 Å². The first-order valence-corrected chi connectivity index (χ1v) is 8.17. The van der Waals surface area contributed by atoms with Crippen LogP contribution in [0.5, 0.6) is 5.75 Å². The van der Waals surface area contributed by atoms with Crippen LogP contribution in [0.2, 0.25) is 0 Å². The number of anilines is 1. The van der Waals surface area contributed by atoms with Crippen LogP contribution in [0.4, 0.5) is 5.69 Å². The summed E-state index contributed by atoms with van der Waals surface area (Å²) < 4.78 is 32.6. The van der Waals surface area contributed by atoms with Crippen LogP contribution in [0, 0.1) is 5.41 Å². The largest absolute Gasteiger partial charge is 0.497 e. The van der Waals surface area contributed by atoms with Crippen molar-refractivity contribution in [2.45, 2.75) is 38.1 Å². The number of nitrogen functional groups attached to an aromatic ring is 1. The van der Waals surface area contributed by atoms with E-state index in [0.717, 1.165) is 0 Å². The monoisotopic (exact) mass is 316 g/mol. The Morgan fingerprint density at radius 3 is 2.43 bits per heavy atom. The summed E-state index contributed by atoms with van der Waals surface area (Å²) in [5, 5.41) is 9.11. The molecule has 0 aliphatic heterocycles. The maximum Gasteiger partial charge on any atom is 0.242 e. The van der Waals surface area contributed by atoms with Crippen molar-refractivity contribution in [2.24, 2.45) is 5.41 Å². The summed E-state index contributed by atoms with van der Waals surface area (Å²) in [6, 6.07) is 4.03. The molecule has 0 bridgehead atoms. The number of sulfonamides is 1. The zero-order valence-electron chi connectivity index (χ0n) is 12.9. The van der Waals surface area contributed by atoms with Crippen LogP contribution in [0.1, 0.15) is 27.2 Å². The fourth-order valence-corrected chi connectivity index (χ4v) is 3.54. The number of aliphatic hydroxyl groups excluding tert-OH is 1. The van der Waals surface area contributed by atoms with Gasteiger partial charge in [-0.05, 0) is 24.0 Å². The molecule has 1 aromatic rings. The minimum absolute atomic E-state index is 0.00971. The van der Waals surface area contributed by atoms with E-state index in [9.17, 15) is 8.42 Å².